The highest BCUT2D eigenvalue weighted by Gasteiger charge is 2.31. The lowest BCUT2D eigenvalue weighted by Crippen LogP contribution is -2.34. The number of halogens is 3. The molecule has 0 unspecified atom stereocenters. The highest BCUT2D eigenvalue weighted by atomic mass is 32.2. The molecular formula is C13H12F3N3O3S2. The molecule has 130 valence electrons. The molecule has 0 aliphatic heterocycles. The topological polar surface area (TPSA) is 88.2 Å². The smallest absolute Gasteiger partial charge is 0.292 e. The fourth-order valence-electron chi connectivity index (χ4n) is 1.78. The van der Waals surface area contributed by atoms with E-state index in [-0.39, 0.29) is 10.6 Å². The van der Waals surface area contributed by atoms with Crippen LogP contribution in [0.25, 0.3) is 0 Å². The predicted molar refractivity (Wildman–Crippen MR) is 82.4 cm³/mol. The summed E-state index contributed by atoms with van der Waals surface area (Å²) in [5, 5.41) is 3.34. The molecule has 0 aliphatic carbocycles. The van der Waals surface area contributed by atoms with Gasteiger partial charge in [-0.3, -0.25) is 5.32 Å². The molecule has 0 fully saturated rings. The molecule has 0 atom stereocenters. The van der Waals surface area contributed by atoms with E-state index in [0.717, 1.165) is 10.9 Å². The molecular weight excluding hydrogens is 367 g/mol. The fraction of sp³-hybridized carbons (Fsp3) is 0.231. The van der Waals surface area contributed by atoms with Gasteiger partial charge < -0.3 is 0 Å². The number of pyridine rings is 1. The van der Waals surface area contributed by atoms with Crippen molar-refractivity contribution in [3.63, 3.8) is 0 Å². The molecule has 2 rings (SSSR count). The van der Waals surface area contributed by atoms with Crippen molar-refractivity contribution in [2.24, 2.45) is 0 Å². The van der Waals surface area contributed by atoms with E-state index in [0.29, 0.717) is 6.07 Å². The lowest BCUT2D eigenvalue weighted by atomic mass is 10.2. The van der Waals surface area contributed by atoms with E-state index >= 15 is 0 Å². The Balaban J connectivity index is 2.17. The van der Waals surface area contributed by atoms with Gasteiger partial charge in [0, 0.05) is 16.0 Å². The first-order chi connectivity index (χ1) is 11.0. The highest BCUT2D eigenvalue weighted by molar-refractivity contribution is 7.90. The largest absolute Gasteiger partial charge is 0.416 e. The summed E-state index contributed by atoms with van der Waals surface area (Å²) in [7, 11) is -4.11. The highest BCUT2D eigenvalue weighted by Crippen LogP contribution is 2.30. The van der Waals surface area contributed by atoms with Crippen molar-refractivity contribution in [1.82, 2.24) is 9.71 Å². The van der Waals surface area contributed by atoms with Crippen LogP contribution in [0.2, 0.25) is 0 Å². The first-order valence-electron chi connectivity index (χ1n) is 6.42. The number of amides is 2. The van der Waals surface area contributed by atoms with Crippen LogP contribution in [0.1, 0.15) is 16.1 Å². The summed E-state index contributed by atoms with van der Waals surface area (Å²) in [5.74, 6) is -0.406. The normalized spacial score (nSPS) is 12.0. The Morgan fingerprint density at radius 2 is 1.88 bits per heavy atom. The lowest BCUT2D eigenvalue weighted by Gasteiger charge is -2.11. The molecule has 0 spiro atoms. The van der Waals surface area contributed by atoms with Gasteiger partial charge in [-0.15, -0.1) is 11.3 Å². The monoisotopic (exact) mass is 379 g/mol. The van der Waals surface area contributed by atoms with Gasteiger partial charge >= 0.3 is 12.2 Å². The van der Waals surface area contributed by atoms with Crippen LogP contribution >= 0.6 is 11.3 Å². The van der Waals surface area contributed by atoms with E-state index in [4.69, 9.17) is 0 Å². The van der Waals surface area contributed by atoms with Crippen molar-refractivity contribution in [2.75, 3.05) is 5.32 Å². The minimum atomic E-state index is -4.61. The van der Waals surface area contributed by atoms with Crippen molar-refractivity contribution in [3.05, 3.63) is 39.7 Å². The maximum Gasteiger partial charge on any atom is 0.416 e. The Hall–Kier alpha value is -2.14. The summed E-state index contributed by atoms with van der Waals surface area (Å²) in [4.78, 5) is 16.1. The minimum Gasteiger partial charge on any atom is -0.292 e. The molecule has 2 aromatic heterocycles. The third-order valence-corrected chi connectivity index (χ3v) is 5.09. The van der Waals surface area contributed by atoms with E-state index in [9.17, 15) is 26.4 Å². The fourth-order valence-corrected chi connectivity index (χ4v) is 3.81. The third kappa shape index (κ3) is 4.45. The van der Waals surface area contributed by atoms with Crippen LogP contribution in [0.15, 0.2) is 28.5 Å². The van der Waals surface area contributed by atoms with Crippen molar-refractivity contribution in [3.8, 4) is 0 Å². The number of aryl methyl sites for hydroxylation is 2. The Morgan fingerprint density at radius 1 is 1.21 bits per heavy atom. The van der Waals surface area contributed by atoms with Gasteiger partial charge in [-0.25, -0.2) is 22.9 Å². The number of anilines is 1. The van der Waals surface area contributed by atoms with Gasteiger partial charge in [0.25, 0.3) is 10.0 Å². The third-order valence-electron chi connectivity index (χ3n) is 2.77. The summed E-state index contributed by atoms with van der Waals surface area (Å²) in [6, 6.07) is 1.60. The number of urea groups is 1. The molecule has 6 nitrogen and oxygen atoms in total. The van der Waals surface area contributed by atoms with Crippen molar-refractivity contribution >= 4 is 33.2 Å². The Labute approximate surface area is 139 Å². The van der Waals surface area contributed by atoms with Crippen molar-refractivity contribution < 1.29 is 26.4 Å². The van der Waals surface area contributed by atoms with E-state index in [1.165, 1.54) is 29.7 Å². The molecule has 2 aromatic rings. The SMILES string of the molecule is Cc1cc(C(F)(F)F)cc(NC(=O)NS(=O)(=O)c2csc(C)c2)n1. The van der Waals surface area contributed by atoms with E-state index in [1.54, 1.807) is 11.6 Å². The molecule has 0 aromatic carbocycles. The number of alkyl halides is 3. The number of carbonyl (C=O) groups is 1. The molecule has 11 heteroatoms. The summed E-state index contributed by atoms with van der Waals surface area (Å²) in [5.41, 5.74) is -0.974. The molecule has 0 radical (unpaired) electrons. The maximum atomic E-state index is 12.7. The van der Waals surface area contributed by atoms with Gasteiger partial charge in [-0.1, -0.05) is 0 Å². The molecule has 0 aliphatic rings. The summed E-state index contributed by atoms with van der Waals surface area (Å²) in [6.07, 6.45) is -4.61. The average molecular weight is 379 g/mol. The molecule has 2 heterocycles. The predicted octanol–water partition coefficient (Wildman–Crippen LogP) is 3.29. The van der Waals surface area contributed by atoms with Crippen LogP contribution in [0.5, 0.6) is 0 Å². The van der Waals surface area contributed by atoms with Crippen molar-refractivity contribution in [2.45, 2.75) is 24.9 Å². The van der Waals surface area contributed by atoms with Gasteiger partial charge in [-0.2, -0.15) is 13.2 Å². The standard InChI is InChI=1S/C13H12F3N3O3S2/c1-7-3-9(13(14,15)16)5-11(17-7)18-12(20)19-24(21,22)10-4-8(2)23-6-10/h3-6H,1-2H3,(H2,17,18,19,20). The van der Waals surface area contributed by atoms with Crippen LogP contribution in [0, 0.1) is 13.8 Å². The van der Waals surface area contributed by atoms with Gasteiger partial charge in [-0.05, 0) is 32.0 Å². The second-order valence-corrected chi connectivity index (χ2v) is 7.63. The zero-order valence-corrected chi connectivity index (χ0v) is 14.1. The molecule has 24 heavy (non-hydrogen) atoms. The second-order valence-electron chi connectivity index (χ2n) is 4.83. The molecule has 2 N–H and O–H groups in total. The Kier molecular flexibility index (Phi) is 4.85. The average Bonchev–Trinajstić information content (AvgIpc) is 2.83. The number of thiophene rings is 1. The second kappa shape index (κ2) is 6.40. The lowest BCUT2D eigenvalue weighted by molar-refractivity contribution is -0.137. The number of hydrogen-bond donors (Lipinski definition) is 2. The van der Waals surface area contributed by atoms with Crippen LogP contribution in [-0.4, -0.2) is 19.4 Å². The zero-order chi connectivity index (χ0) is 18.1. The van der Waals surface area contributed by atoms with E-state index < -0.39 is 33.6 Å². The van der Waals surface area contributed by atoms with Crippen LogP contribution < -0.4 is 10.0 Å². The quantitative estimate of drug-likeness (QED) is 0.857. The number of carbonyl (C=O) groups excluding carboxylic acids is 1. The molecule has 2 amide bonds. The summed E-state index contributed by atoms with van der Waals surface area (Å²) in [6.45, 7) is 3.02. The first kappa shape index (κ1) is 18.2. The van der Waals surface area contributed by atoms with Crippen molar-refractivity contribution in [1.29, 1.82) is 0 Å². The van der Waals surface area contributed by atoms with E-state index in [1.807, 2.05) is 5.32 Å². The number of aromatic nitrogens is 1. The number of nitrogens with zero attached hydrogens (tertiary/aromatic N) is 1. The molecule has 0 bridgehead atoms. The van der Waals surface area contributed by atoms with Crippen LogP contribution in [0.3, 0.4) is 0 Å². The number of rotatable bonds is 3. The van der Waals surface area contributed by atoms with Gasteiger partial charge in [0.15, 0.2) is 0 Å². The number of hydrogen-bond acceptors (Lipinski definition) is 5. The molecule has 0 saturated carbocycles. The first-order valence-corrected chi connectivity index (χ1v) is 8.78. The van der Waals surface area contributed by atoms with Crippen LogP contribution in [0.4, 0.5) is 23.8 Å². The Bertz CT molecular complexity index is 876. The van der Waals surface area contributed by atoms with E-state index in [2.05, 4.69) is 4.98 Å². The van der Waals surface area contributed by atoms with Gasteiger partial charge in [0.1, 0.15) is 5.82 Å². The van der Waals surface area contributed by atoms with Crippen LogP contribution in [-0.2, 0) is 16.2 Å². The molecule has 0 saturated heterocycles. The van der Waals surface area contributed by atoms with Gasteiger partial charge in [0.2, 0.25) is 0 Å². The number of sulfonamides is 1. The number of nitrogens with one attached hydrogen (secondary N) is 2. The zero-order valence-electron chi connectivity index (χ0n) is 12.4. The Morgan fingerprint density at radius 3 is 2.42 bits per heavy atom. The summed E-state index contributed by atoms with van der Waals surface area (Å²) >= 11 is 1.18. The summed E-state index contributed by atoms with van der Waals surface area (Å²) < 4.78 is 63.9. The minimum absolute atomic E-state index is 0.0245. The maximum absolute atomic E-state index is 12.7. The van der Waals surface area contributed by atoms with Gasteiger partial charge in [0.05, 0.1) is 10.5 Å².